The molecule has 2 aliphatic rings. The third kappa shape index (κ3) is 4.53. The summed E-state index contributed by atoms with van der Waals surface area (Å²) >= 11 is 1.46. The zero-order valence-electron chi connectivity index (χ0n) is 17.9. The molecule has 7 nitrogen and oxygen atoms in total. The van der Waals surface area contributed by atoms with Gasteiger partial charge in [0.25, 0.3) is 0 Å². The third-order valence-electron chi connectivity index (χ3n) is 4.72. The van der Waals surface area contributed by atoms with Crippen molar-refractivity contribution in [1.82, 2.24) is 10.2 Å². The van der Waals surface area contributed by atoms with E-state index in [4.69, 9.17) is 9.47 Å². The standard InChI is InChI=1S/C22H27N3O4S/c1-6-29-21(27)19-14(4)24-22-25(16(12-30-22)11-18(26)23-13(2)3)20(19)15-7-9-17(28-5)10-8-15/h7-10,12-13,20H,6,11H2,1-5H3,(H,23,26). The number of amides is 1. The quantitative estimate of drug-likeness (QED) is 0.665. The van der Waals surface area contributed by atoms with Crippen LogP contribution in [0.2, 0.25) is 0 Å². The first-order valence-electron chi connectivity index (χ1n) is 9.90. The Kier molecular flexibility index (Phi) is 6.87. The minimum Gasteiger partial charge on any atom is -0.497 e. The summed E-state index contributed by atoms with van der Waals surface area (Å²) in [7, 11) is 1.61. The number of aliphatic imine (C=N–C) groups is 1. The highest BCUT2D eigenvalue weighted by molar-refractivity contribution is 8.16. The summed E-state index contributed by atoms with van der Waals surface area (Å²) in [6.45, 7) is 7.72. The van der Waals surface area contributed by atoms with E-state index in [0.717, 1.165) is 22.2 Å². The Hall–Kier alpha value is -2.74. The summed E-state index contributed by atoms with van der Waals surface area (Å²) in [5.74, 6) is 0.252. The molecule has 0 saturated carbocycles. The highest BCUT2D eigenvalue weighted by Gasteiger charge is 2.41. The minimum absolute atomic E-state index is 0.0521. The van der Waals surface area contributed by atoms with Gasteiger partial charge >= 0.3 is 5.97 Å². The number of fused-ring (bicyclic) bond motifs is 1. The van der Waals surface area contributed by atoms with Crippen LogP contribution in [0, 0.1) is 0 Å². The lowest BCUT2D eigenvalue weighted by Crippen LogP contribution is -2.38. The van der Waals surface area contributed by atoms with E-state index in [9.17, 15) is 9.59 Å². The number of thioether (sulfide) groups is 1. The van der Waals surface area contributed by atoms with E-state index in [-0.39, 0.29) is 25.0 Å². The van der Waals surface area contributed by atoms with Crippen LogP contribution in [0.4, 0.5) is 0 Å². The summed E-state index contributed by atoms with van der Waals surface area (Å²) in [6.07, 6.45) is 0.200. The van der Waals surface area contributed by atoms with Gasteiger partial charge in [-0.2, -0.15) is 0 Å². The summed E-state index contributed by atoms with van der Waals surface area (Å²) in [5.41, 5.74) is 2.79. The molecular weight excluding hydrogens is 402 g/mol. The number of esters is 1. The van der Waals surface area contributed by atoms with E-state index < -0.39 is 12.0 Å². The van der Waals surface area contributed by atoms with Crippen molar-refractivity contribution in [2.75, 3.05) is 13.7 Å². The van der Waals surface area contributed by atoms with Crippen molar-refractivity contribution in [1.29, 1.82) is 0 Å². The van der Waals surface area contributed by atoms with Crippen LogP contribution in [-0.2, 0) is 14.3 Å². The van der Waals surface area contributed by atoms with Crippen LogP contribution in [-0.4, -0.2) is 41.7 Å². The van der Waals surface area contributed by atoms with Gasteiger partial charge in [-0.25, -0.2) is 9.79 Å². The monoisotopic (exact) mass is 429 g/mol. The number of hydrogen-bond acceptors (Lipinski definition) is 7. The molecule has 1 N–H and O–H groups in total. The van der Waals surface area contributed by atoms with E-state index in [2.05, 4.69) is 10.3 Å². The lowest BCUT2D eigenvalue weighted by atomic mass is 9.93. The first kappa shape index (κ1) is 22.0. The summed E-state index contributed by atoms with van der Waals surface area (Å²) < 4.78 is 10.6. The Labute approximate surface area is 181 Å². The fourth-order valence-electron chi connectivity index (χ4n) is 3.48. The number of rotatable bonds is 7. The molecule has 1 aromatic rings. The summed E-state index contributed by atoms with van der Waals surface area (Å²) in [4.78, 5) is 31.9. The molecule has 8 heteroatoms. The predicted octanol–water partition coefficient (Wildman–Crippen LogP) is 3.75. The van der Waals surface area contributed by atoms with Crippen molar-refractivity contribution in [3.05, 3.63) is 52.2 Å². The maximum Gasteiger partial charge on any atom is 0.338 e. The molecule has 1 aromatic carbocycles. The molecular formula is C22H27N3O4S. The average Bonchev–Trinajstić information content (AvgIpc) is 3.08. The molecule has 1 atom stereocenters. The largest absolute Gasteiger partial charge is 0.497 e. The van der Waals surface area contributed by atoms with E-state index >= 15 is 0 Å². The molecule has 0 fully saturated rings. The van der Waals surface area contributed by atoms with Crippen molar-refractivity contribution >= 4 is 28.8 Å². The first-order valence-corrected chi connectivity index (χ1v) is 10.8. The molecule has 2 aliphatic heterocycles. The second-order valence-corrected chi connectivity index (χ2v) is 8.12. The number of carbonyl (C=O) groups is 2. The Bertz CT molecular complexity index is 919. The predicted molar refractivity (Wildman–Crippen MR) is 118 cm³/mol. The maximum absolute atomic E-state index is 12.9. The third-order valence-corrected chi connectivity index (χ3v) is 5.61. The number of nitrogens with one attached hydrogen (secondary N) is 1. The van der Waals surface area contributed by atoms with Crippen molar-refractivity contribution in [3.63, 3.8) is 0 Å². The van der Waals surface area contributed by atoms with E-state index in [1.165, 1.54) is 11.8 Å². The highest BCUT2D eigenvalue weighted by atomic mass is 32.2. The van der Waals surface area contributed by atoms with Gasteiger partial charge in [-0.3, -0.25) is 4.79 Å². The van der Waals surface area contributed by atoms with Crippen molar-refractivity contribution in [2.45, 2.75) is 46.2 Å². The van der Waals surface area contributed by atoms with Crippen LogP contribution in [0.3, 0.4) is 0 Å². The molecule has 0 saturated heterocycles. The van der Waals surface area contributed by atoms with Crippen LogP contribution in [0.1, 0.15) is 45.7 Å². The Morgan fingerprint density at radius 1 is 1.27 bits per heavy atom. The SMILES string of the molecule is CCOC(=O)C1=C(C)N=C2SC=C(CC(=O)NC(C)C)N2C1c1ccc(OC)cc1. The van der Waals surface area contributed by atoms with Crippen molar-refractivity contribution in [3.8, 4) is 5.75 Å². The topological polar surface area (TPSA) is 80.2 Å². The zero-order valence-corrected chi connectivity index (χ0v) is 18.7. The lowest BCUT2D eigenvalue weighted by molar-refractivity contribution is -0.139. The van der Waals surface area contributed by atoms with Gasteiger partial charge < -0.3 is 19.7 Å². The van der Waals surface area contributed by atoms with Crippen LogP contribution in [0.15, 0.2) is 51.6 Å². The Morgan fingerprint density at radius 3 is 2.57 bits per heavy atom. The zero-order chi connectivity index (χ0) is 21.8. The molecule has 0 aliphatic carbocycles. The van der Waals surface area contributed by atoms with E-state index in [1.807, 2.05) is 55.3 Å². The van der Waals surface area contributed by atoms with Crippen LogP contribution in [0.5, 0.6) is 5.75 Å². The van der Waals surface area contributed by atoms with Gasteiger partial charge in [0.1, 0.15) is 5.75 Å². The normalized spacial score (nSPS) is 18.1. The summed E-state index contributed by atoms with van der Waals surface area (Å²) in [6, 6.07) is 7.18. The number of methoxy groups -OCH3 is 1. The number of nitrogens with zero attached hydrogens (tertiary/aromatic N) is 2. The molecule has 0 aromatic heterocycles. The van der Waals surface area contributed by atoms with Gasteiger partial charge in [-0.1, -0.05) is 23.9 Å². The summed E-state index contributed by atoms with van der Waals surface area (Å²) in [5, 5.41) is 5.59. The van der Waals surface area contributed by atoms with Gasteiger partial charge in [0.05, 0.1) is 37.4 Å². The van der Waals surface area contributed by atoms with E-state index in [1.54, 1.807) is 14.0 Å². The van der Waals surface area contributed by atoms with Crippen LogP contribution < -0.4 is 10.1 Å². The van der Waals surface area contributed by atoms with Gasteiger partial charge in [-0.05, 0) is 50.8 Å². The Balaban J connectivity index is 2.02. The molecule has 0 spiro atoms. The fraction of sp³-hybridized carbons (Fsp3) is 0.409. The lowest BCUT2D eigenvalue weighted by Gasteiger charge is -2.36. The second-order valence-electron chi connectivity index (χ2n) is 7.29. The van der Waals surface area contributed by atoms with Gasteiger partial charge in [-0.15, -0.1) is 0 Å². The van der Waals surface area contributed by atoms with E-state index in [0.29, 0.717) is 11.3 Å². The molecule has 1 amide bonds. The van der Waals surface area contributed by atoms with Gasteiger partial charge in [0.2, 0.25) is 5.91 Å². The van der Waals surface area contributed by atoms with Crippen molar-refractivity contribution < 1.29 is 19.1 Å². The number of ether oxygens (including phenoxy) is 2. The number of hydrogen-bond donors (Lipinski definition) is 1. The van der Waals surface area contributed by atoms with Gasteiger partial charge in [0, 0.05) is 11.7 Å². The highest BCUT2D eigenvalue weighted by Crippen LogP contribution is 2.45. The molecule has 0 bridgehead atoms. The van der Waals surface area contributed by atoms with Crippen LogP contribution in [0.25, 0.3) is 0 Å². The van der Waals surface area contributed by atoms with Crippen molar-refractivity contribution in [2.24, 2.45) is 4.99 Å². The molecule has 160 valence electrons. The smallest absolute Gasteiger partial charge is 0.338 e. The number of allylic oxidation sites excluding steroid dienone is 1. The number of carbonyl (C=O) groups excluding carboxylic acids is 2. The molecule has 1 unspecified atom stereocenters. The fourth-order valence-corrected chi connectivity index (χ4v) is 4.44. The average molecular weight is 430 g/mol. The van der Waals surface area contributed by atoms with Gasteiger partial charge in [0.15, 0.2) is 5.17 Å². The molecule has 0 radical (unpaired) electrons. The maximum atomic E-state index is 12.9. The first-order chi connectivity index (χ1) is 14.3. The Morgan fingerprint density at radius 2 is 1.97 bits per heavy atom. The molecule has 2 heterocycles. The minimum atomic E-state index is -0.435. The number of amidine groups is 1. The van der Waals surface area contributed by atoms with Crippen LogP contribution >= 0.6 is 11.8 Å². The molecule has 30 heavy (non-hydrogen) atoms. The second kappa shape index (κ2) is 9.38. The number of benzene rings is 1. The molecule has 3 rings (SSSR count).